The molecule has 1 rings (SSSR count). The molecule has 0 amide bonds. The molecule has 3 heteroatoms. The maximum atomic E-state index is 9.97. The largest absolute Gasteiger partial charge is 0.507 e. The number of aromatic hydroxyl groups is 2. The molecule has 0 aliphatic rings. The summed E-state index contributed by atoms with van der Waals surface area (Å²) in [6, 6.07) is 2.93. The molecule has 0 unspecified atom stereocenters. The van der Waals surface area contributed by atoms with E-state index >= 15 is 0 Å². The highest BCUT2D eigenvalue weighted by Gasteiger charge is 2.08. The molecule has 1 aromatic rings. The third-order valence-electron chi connectivity index (χ3n) is 5.25. The van der Waals surface area contributed by atoms with Crippen LogP contribution in [0.1, 0.15) is 109 Å². The van der Waals surface area contributed by atoms with E-state index in [1.54, 1.807) is 0 Å². The minimum Gasteiger partial charge on any atom is -0.507 e. The lowest BCUT2D eigenvalue weighted by Gasteiger charge is -2.07. The van der Waals surface area contributed by atoms with Gasteiger partial charge in [-0.2, -0.15) is 0 Å². The second-order valence-electron chi connectivity index (χ2n) is 7.74. The van der Waals surface area contributed by atoms with Crippen LogP contribution in [0.3, 0.4) is 0 Å². The fourth-order valence-corrected chi connectivity index (χ4v) is 3.62. The molecule has 1 aromatic carbocycles. The SMILES string of the molecule is CCCCCCCCCCCCCCCC=C(C)c1cc(O)c(Cl)cc1O. The normalized spacial score (nSPS) is 11.9. The van der Waals surface area contributed by atoms with Gasteiger partial charge in [-0.25, -0.2) is 0 Å². The second kappa shape index (κ2) is 14.9. The molecule has 0 aliphatic carbocycles. The summed E-state index contributed by atoms with van der Waals surface area (Å²) < 4.78 is 0. The number of hydrogen-bond donors (Lipinski definition) is 2. The van der Waals surface area contributed by atoms with Gasteiger partial charge >= 0.3 is 0 Å². The lowest BCUT2D eigenvalue weighted by Crippen LogP contribution is -1.84. The highest BCUT2D eigenvalue weighted by atomic mass is 35.5. The van der Waals surface area contributed by atoms with Gasteiger partial charge in [-0.15, -0.1) is 0 Å². The summed E-state index contributed by atoms with van der Waals surface area (Å²) in [6.45, 7) is 4.23. The van der Waals surface area contributed by atoms with E-state index in [-0.39, 0.29) is 16.5 Å². The van der Waals surface area contributed by atoms with E-state index in [1.807, 2.05) is 6.92 Å². The highest BCUT2D eigenvalue weighted by molar-refractivity contribution is 6.32. The lowest BCUT2D eigenvalue weighted by molar-refractivity contribution is 0.459. The Bertz CT molecular complexity index is 552. The van der Waals surface area contributed by atoms with E-state index in [0.29, 0.717) is 5.56 Å². The molecule has 27 heavy (non-hydrogen) atoms. The molecule has 0 saturated carbocycles. The molecule has 0 fully saturated rings. The Labute approximate surface area is 171 Å². The van der Waals surface area contributed by atoms with Crippen LogP contribution in [0.5, 0.6) is 11.5 Å². The zero-order valence-corrected chi connectivity index (χ0v) is 18.2. The Morgan fingerprint density at radius 1 is 0.778 bits per heavy atom. The van der Waals surface area contributed by atoms with Crippen molar-refractivity contribution in [2.24, 2.45) is 0 Å². The fraction of sp³-hybridized carbons (Fsp3) is 0.667. The number of phenolic OH excluding ortho intramolecular Hbond substituents is 2. The molecule has 154 valence electrons. The van der Waals surface area contributed by atoms with Crippen LogP contribution < -0.4 is 0 Å². The summed E-state index contributed by atoms with van der Waals surface area (Å²) in [4.78, 5) is 0. The smallest absolute Gasteiger partial charge is 0.135 e. The van der Waals surface area contributed by atoms with E-state index in [1.165, 1.54) is 95.6 Å². The van der Waals surface area contributed by atoms with Crippen molar-refractivity contribution in [2.45, 2.75) is 104 Å². The number of rotatable bonds is 15. The van der Waals surface area contributed by atoms with Crippen LogP contribution in [0.2, 0.25) is 5.02 Å². The maximum Gasteiger partial charge on any atom is 0.135 e. The van der Waals surface area contributed by atoms with Gasteiger partial charge < -0.3 is 10.2 Å². The van der Waals surface area contributed by atoms with Crippen molar-refractivity contribution in [3.05, 3.63) is 28.8 Å². The van der Waals surface area contributed by atoms with Gasteiger partial charge in [-0.3, -0.25) is 0 Å². The summed E-state index contributed by atoms with van der Waals surface area (Å²) in [7, 11) is 0. The molecule has 0 atom stereocenters. The third kappa shape index (κ3) is 10.7. The minimum absolute atomic E-state index is 0.0122. The first kappa shape index (κ1) is 23.9. The summed E-state index contributed by atoms with van der Waals surface area (Å²) in [5.41, 5.74) is 1.64. The molecular weight excluding hydrogens is 356 g/mol. The topological polar surface area (TPSA) is 40.5 Å². The molecule has 0 spiro atoms. The first-order valence-corrected chi connectivity index (χ1v) is 11.3. The summed E-state index contributed by atoms with van der Waals surface area (Å²) in [5.74, 6) is 0.134. The summed E-state index contributed by atoms with van der Waals surface area (Å²) >= 11 is 5.80. The number of allylic oxidation sites excluding steroid dienone is 2. The van der Waals surface area contributed by atoms with E-state index in [2.05, 4.69) is 13.0 Å². The zero-order chi connectivity index (χ0) is 19.9. The standard InChI is InChI=1S/C24H39ClO2/c1-3-4-5-6-7-8-9-10-11-12-13-14-15-16-17-20(2)21-18-24(27)22(25)19-23(21)26/h17-19,26-27H,3-16H2,1-2H3. The molecule has 0 aliphatic heterocycles. The van der Waals surface area contributed by atoms with Crippen LogP contribution in [0.4, 0.5) is 0 Å². The number of phenols is 2. The van der Waals surface area contributed by atoms with E-state index in [9.17, 15) is 10.2 Å². The Hall–Kier alpha value is -1.15. The molecule has 0 radical (unpaired) electrons. The van der Waals surface area contributed by atoms with Crippen molar-refractivity contribution in [1.82, 2.24) is 0 Å². The maximum absolute atomic E-state index is 9.97. The van der Waals surface area contributed by atoms with Gasteiger partial charge in [0.15, 0.2) is 0 Å². The zero-order valence-electron chi connectivity index (χ0n) is 17.4. The van der Waals surface area contributed by atoms with Crippen LogP contribution in [0, 0.1) is 0 Å². The molecule has 0 bridgehead atoms. The van der Waals surface area contributed by atoms with Gasteiger partial charge in [0.25, 0.3) is 0 Å². The van der Waals surface area contributed by atoms with E-state index in [0.717, 1.165) is 12.0 Å². The van der Waals surface area contributed by atoms with Crippen molar-refractivity contribution in [2.75, 3.05) is 0 Å². The fourth-order valence-electron chi connectivity index (χ4n) is 3.46. The van der Waals surface area contributed by atoms with Crippen molar-refractivity contribution in [3.63, 3.8) is 0 Å². The number of hydrogen-bond acceptors (Lipinski definition) is 2. The second-order valence-corrected chi connectivity index (χ2v) is 8.15. The van der Waals surface area contributed by atoms with Crippen LogP contribution in [-0.4, -0.2) is 10.2 Å². The monoisotopic (exact) mass is 394 g/mol. The van der Waals surface area contributed by atoms with Crippen LogP contribution >= 0.6 is 11.6 Å². The van der Waals surface area contributed by atoms with Crippen molar-refractivity contribution < 1.29 is 10.2 Å². The van der Waals surface area contributed by atoms with Crippen LogP contribution in [-0.2, 0) is 0 Å². The Balaban J connectivity index is 2.04. The van der Waals surface area contributed by atoms with Crippen molar-refractivity contribution >= 4 is 17.2 Å². The summed E-state index contributed by atoms with van der Waals surface area (Å²) in [5, 5.41) is 19.8. The van der Waals surface area contributed by atoms with Gasteiger partial charge in [0, 0.05) is 11.6 Å². The van der Waals surface area contributed by atoms with Gasteiger partial charge in [0.1, 0.15) is 11.5 Å². The number of unbranched alkanes of at least 4 members (excludes halogenated alkanes) is 13. The predicted octanol–water partition coefficient (Wildman–Crippen LogP) is 8.64. The Morgan fingerprint density at radius 3 is 1.78 bits per heavy atom. The predicted molar refractivity (Wildman–Crippen MR) is 119 cm³/mol. The number of halogens is 1. The minimum atomic E-state index is 0.0122. The molecule has 0 saturated heterocycles. The van der Waals surface area contributed by atoms with Gasteiger partial charge in [-0.1, -0.05) is 102 Å². The molecule has 2 N–H and O–H groups in total. The first-order valence-electron chi connectivity index (χ1n) is 10.9. The van der Waals surface area contributed by atoms with Crippen LogP contribution in [0.25, 0.3) is 5.57 Å². The van der Waals surface area contributed by atoms with Crippen molar-refractivity contribution in [3.8, 4) is 11.5 Å². The average Bonchev–Trinajstić information content (AvgIpc) is 2.64. The number of benzene rings is 1. The quantitative estimate of drug-likeness (QED) is 0.231. The van der Waals surface area contributed by atoms with Gasteiger partial charge in [0.05, 0.1) is 5.02 Å². The van der Waals surface area contributed by atoms with E-state index in [4.69, 9.17) is 11.6 Å². The average molecular weight is 395 g/mol. The first-order chi connectivity index (χ1) is 13.1. The molecule has 0 heterocycles. The Morgan fingerprint density at radius 2 is 1.26 bits per heavy atom. The Kier molecular flexibility index (Phi) is 13.1. The van der Waals surface area contributed by atoms with E-state index < -0.39 is 0 Å². The lowest BCUT2D eigenvalue weighted by atomic mass is 10.0. The third-order valence-corrected chi connectivity index (χ3v) is 5.55. The molecule has 2 nitrogen and oxygen atoms in total. The van der Waals surface area contributed by atoms with Crippen LogP contribution in [0.15, 0.2) is 18.2 Å². The highest BCUT2D eigenvalue weighted by Crippen LogP contribution is 2.34. The molecule has 0 aromatic heterocycles. The van der Waals surface area contributed by atoms with Gasteiger partial charge in [0.2, 0.25) is 0 Å². The molecular formula is C24H39ClO2. The van der Waals surface area contributed by atoms with Gasteiger partial charge in [-0.05, 0) is 31.4 Å². The summed E-state index contributed by atoms with van der Waals surface area (Å²) in [6.07, 6.45) is 20.9. The van der Waals surface area contributed by atoms with Crippen molar-refractivity contribution in [1.29, 1.82) is 0 Å².